The number of rotatable bonds is 10. The van der Waals surface area contributed by atoms with Gasteiger partial charge in [-0.25, -0.2) is 5.14 Å². The number of nitrogens with two attached hydrogens (primary N) is 1. The van der Waals surface area contributed by atoms with Crippen LogP contribution >= 0.6 is 0 Å². The molecule has 0 unspecified atom stereocenters. The third-order valence-electron chi connectivity index (χ3n) is 6.73. The van der Waals surface area contributed by atoms with Gasteiger partial charge >= 0.3 is 0 Å². The van der Waals surface area contributed by atoms with Gasteiger partial charge in [-0.3, -0.25) is 9.52 Å². The minimum Gasteiger partial charge on any atom is -0.507 e. The highest BCUT2D eigenvalue weighted by atomic mass is 32.2. The highest BCUT2D eigenvalue weighted by molar-refractivity contribution is 7.90. The van der Waals surface area contributed by atoms with Crippen LogP contribution in [0.2, 0.25) is 0 Å². The van der Waals surface area contributed by atoms with Crippen LogP contribution in [0.3, 0.4) is 0 Å². The van der Waals surface area contributed by atoms with Crippen LogP contribution in [-0.2, 0) is 23.1 Å². The molecule has 1 aliphatic heterocycles. The molecule has 0 spiro atoms. The van der Waals surface area contributed by atoms with Crippen molar-refractivity contribution >= 4 is 27.5 Å². The summed E-state index contributed by atoms with van der Waals surface area (Å²) >= 11 is 0. The second-order valence-electron chi connectivity index (χ2n) is 10.2. The molecule has 192 valence electrons. The zero-order valence-electron chi connectivity index (χ0n) is 21.4. The van der Waals surface area contributed by atoms with Crippen LogP contribution < -0.4 is 20.1 Å². The number of hydrogen-bond acceptors (Lipinski definition) is 5. The van der Waals surface area contributed by atoms with Crippen molar-refractivity contribution in [3.05, 3.63) is 52.1 Å². The largest absolute Gasteiger partial charge is 0.507 e. The number of carbonyl (C=O) groups is 1. The summed E-state index contributed by atoms with van der Waals surface area (Å²) in [6.45, 7) is 12.4. The van der Waals surface area contributed by atoms with Crippen molar-refractivity contribution in [2.24, 2.45) is 10.6 Å². The molecule has 1 amide bonds. The summed E-state index contributed by atoms with van der Waals surface area (Å²) in [5.74, 6) is -0.386. The van der Waals surface area contributed by atoms with Gasteiger partial charge in [0, 0.05) is 25.3 Å². The number of phenols is 1. The second-order valence-corrected chi connectivity index (χ2v) is 11.5. The number of benzene rings is 2. The standard InChI is InChI=1S/C26H38N4O4S/c1-6-7-13-30-14-12-19-17(2)23(29-35(27,33)34)18(3)21(24(19)30)15-26(4,5)16-28-25(32)20-10-8-9-11-22(20)31/h8-11,29,31H,6-7,12-16H2,1-5H3,(H,28,32)(H2,27,33,34). The molecule has 5 N–H and O–H groups in total. The lowest BCUT2D eigenvalue weighted by Gasteiger charge is -2.31. The van der Waals surface area contributed by atoms with E-state index in [1.165, 1.54) is 11.8 Å². The van der Waals surface area contributed by atoms with Gasteiger partial charge in [0.25, 0.3) is 16.1 Å². The molecule has 9 heteroatoms. The number of anilines is 2. The molecule has 0 aromatic heterocycles. The summed E-state index contributed by atoms with van der Waals surface area (Å²) < 4.78 is 26.4. The van der Waals surface area contributed by atoms with Crippen LogP contribution in [0.5, 0.6) is 5.75 Å². The average molecular weight is 503 g/mol. The number of carbonyl (C=O) groups excluding carboxylic acids is 1. The third kappa shape index (κ3) is 6.27. The number of hydrogen-bond donors (Lipinski definition) is 4. The molecule has 1 aliphatic rings. The second kappa shape index (κ2) is 10.5. The summed E-state index contributed by atoms with van der Waals surface area (Å²) in [6, 6.07) is 6.47. The Morgan fingerprint density at radius 1 is 1.20 bits per heavy atom. The predicted molar refractivity (Wildman–Crippen MR) is 141 cm³/mol. The van der Waals surface area contributed by atoms with E-state index in [0.717, 1.165) is 54.6 Å². The van der Waals surface area contributed by atoms with Gasteiger partial charge in [-0.1, -0.05) is 39.3 Å². The number of para-hydroxylation sites is 1. The fourth-order valence-corrected chi connectivity index (χ4v) is 5.46. The van der Waals surface area contributed by atoms with Gasteiger partial charge in [-0.05, 0) is 72.9 Å². The minimum absolute atomic E-state index is 0.0553. The Balaban J connectivity index is 1.95. The fourth-order valence-electron chi connectivity index (χ4n) is 4.87. The van der Waals surface area contributed by atoms with E-state index in [1.54, 1.807) is 18.2 Å². The van der Waals surface area contributed by atoms with Gasteiger partial charge in [-0.2, -0.15) is 8.42 Å². The summed E-state index contributed by atoms with van der Waals surface area (Å²) in [7, 11) is -3.93. The Bertz CT molecular complexity index is 1210. The van der Waals surface area contributed by atoms with Crippen LogP contribution in [0, 0.1) is 19.3 Å². The van der Waals surface area contributed by atoms with Gasteiger partial charge in [-0.15, -0.1) is 0 Å². The van der Waals surface area contributed by atoms with Crippen LogP contribution in [0.1, 0.15) is 66.2 Å². The maximum absolute atomic E-state index is 12.7. The molecule has 0 saturated heterocycles. The predicted octanol–water partition coefficient (Wildman–Crippen LogP) is 3.79. The van der Waals surface area contributed by atoms with Crippen molar-refractivity contribution in [3.8, 4) is 5.75 Å². The number of phenolic OH excluding ortho intramolecular Hbond substituents is 1. The number of aromatic hydroxyl groups is 1. The number of fused-ring (bicyclic) bond motifs is 1. The third-order valence-corrected chi connectivity index (χ3v) is 7.22. The van der Waals surface area contributed by atoms with Gasteiger partial charge in [0.05, 0.1) is 11.3 Å². The SMILES string of the molecule is CCCCN1CCc2c(C)c(NS(N)(=O)=O)c(C)c(CC(C)(C)CNC(=O)c3ccccc3O)c21. The van der Waals surface area contributed by atoms with Crippen LogP contribution in [0.4, 0.5) is 11.4 Å². The molecule has 0 fully saturated rings. The first-order valence-corrected chi connectivity index (χ1v) is 13.7. The molecular weight excluding hydrogens is 464 g/mol. The molecule has 2 aromatic carbocycles. The maximum atomic E-state index is 12.7. The number of unbranched alkanes of at least 4 members (excludes halogenated alkanes) is 1. The maximum Gasteiger partial charge on any atom is 0.296 e. The topological polar surface area (TPSA) is 125 Å². The monoisotopic (exact) mass is 502 g/mol. The molecule has 2 aromatic rings. The van der Waals surface area contributed by atoms with Crippen LogP contribution in [-0.4, -0.2) is 39.1 Å². The molecule has 0 radical (unpaired) electrons. The van der Waals surface area contributed by atoms with Crippen molar-refractivity contribution in [1.29, 1.82) is 0 Å². The zero-order chi connectivity index (χ0) is 26.0. The first kappa shape index (κ1) is 26.8. The Morgan fingerprint density at radius 2 is 1.89 bits per heavy atom. The van der Waals surface area contributed by atoms with Crippen molar-refractivity contribution in [2.75, 3.05) is 29.3 Å². The Labute approximate surface area is 209 Å². The normalized spacial score (nSPS) is 13.6. The molecule has 0 aliphatic carbocycles. The molecule has 3 rings (SSSR count). The smallest absolute Gasteiger partial charge is 0.296 e. The quantitative estimate of drug-likeness (QED) is 0.393. The van der Waals surface area contributed by atoms with Crippen LogP contribution in [0.15, 0.2) is 24.3 Å². The molecule has 8 nitrogen and oxygen atoms in total. The number of nitrogens with zero attached hydrogens (tertiary/aromatic N) is 1. The molecule has 1 heterocycles. The molecule has 0 atom stereocenters. The number of amides is 1. The lowest BCUT2D eigenvalue weighted by molar-refractivity contribution is 0.0933. The number of nitrogens with one attached hydrogen (secondary N) is 2. The van der Waals surface area contributed by atoms with Crippen molar-refractivity contribution in [1.82, 2.24) is 5.32 Å². The summed E-state index contributed by atoms with van der Waals surface area (Å²) in [6.07, 6.45) is 3.65. The Kier molecular flexibility index (Phi) is 8.01. The van der Waals surface area contributed by atoms with E-state index in [1.807, 2.05) is 13.8 Å². The van der Waals surface area contributed by atoms with E-state index >= 15 is 0 Å². The molecule has 0 saturated carbocycles. The van der Waals surface area contributed by atoms with E-state index in [9.17, 15) is 18.3 Å². The first-order chi connectivity index (χ1) is 16.3. The Morgan fingerprint density at radius 3 is 2.51 bits per heavy atom. The summed E-state index contributed by atoms with van der Waals surface area (Å²) in [5.41, 5.74) is 5.64. The van der Waals surface area contributed by atoms with Gasteiger partial charge in [0.2, 0.25) is 0 Å². The highest BCUT2D eigenvalue weighted by Gasteiger charge is 2.32. The van der Waals surface area contributed by atoms with Crippen molar-refractivity contribution in [2.45, 2.75) is 60.3 Å². The van der Waals surface area contributed by atoms with Gasteiger partial charge in [0.15, 0.2) is 0 Å². The highest BCUT2D eigenvalue weighted by Crippen LogP contribution is 2.43. The van der Waals surface area contributed by atoms with E-state index in [-0.39, 0.29) is 22.6 Å². The fraction of sp³-hybridized carbons (Fsp3) is 0.500. The van der Waals surface area contributed by atoms with Gasteiger partial charge < -0.3 is 15.3 Å². The van der Waals surface area contributed by atoms with Crippen molar-refractivity contribution < 1.29 is 18.3 Å². The molecular formula is C26H38N4O4S. The van der Waals surface area contributed by atoms with E-state index in [4.69, 9.17) is 5.14 Å². The summed E-state index contributed by atoms with van der Waals surface area (Å²) in [4.78, 5) is 15.1. The Hall–Kier alpha value is -2.78. The van der Waals surface area contributed by atoms with E-state index < -0.39 is 10.2 Å². The first-order valence-electron chi connectivity index (χ1n) is 12.1. The summed E-state index contributed by atoms with van der Waals surface area (Å²) in [5, 5.41) is 18.3. The molecule has 0 bridgehead atoms. The lowest BCUT2D eigenvalue weighted by Crippen LogP contribution is -2.36. The van der Waals surface area contributed by atoms with Crippen LogP contribution in [0.25, 0.3) is 0 Å². The van der Waals surface area contributed by atoms with E-state index in [2.05, 4.69) is 35.7 Å². The van der Waals surface area contributed by atoms with E-state index in [0.29, 0.717) is 18.7 Å². The minimum atomic E-state index is -3.93. The average Bonchev–Trinajstić information content (AvgIpc) is 3.20. The zero-order valence-corrected chi connectivity index (χ0v) is 22.2. The lowest BCUT2D eigenvalue weighted by atomic mass is 9.81. The molecule has 35 heavy (non-hydrogen) atoms. The van der Waals surface area contributed by atoms with Gasteiger partial charge in [0.1, 0.15) is 5.75 Å². The van der Waals surface area contributed by atoms with Crippen molar-refractivity contribution in [3.63, 3.8) is 0 Å².